The lowest BCUT2D eigenvalue weighted by Crippen LogP contribution is -2.33. The van der Waals surface area contributed by atoms with E-state index in [9.17, 15) is 0 Å². The van der Waals surface area contributed by atoms with Crippen molar-refractivity contribution in [2.75, 3.05) is 11.9 Å². The van der Waals surface area contributed by atoms with Gasteiger partial charge in [-0.1, -0.05) is 13.8 Å². The zero-order valence-corrected chi connectivity index (χ0v) is 10.9. The molecule has 2 N–H and O–H groups in total. The molecule has 3 nitrogen and oxygen atoms in total. The zero-order chi connectivity index (χ0) is 12.3. The Morgan fingerprint density at radius 3 is 2.19 bits per heavy atom. The molecule has 0 saturated heterocycles. The Morgan fingerprint density at radius 1 is 1.19 bits per heavy atom. The van der Waals surface area contributed by atoms with Crippen molar-refractivity contribution in [1.82, 2.24) is 4.98 Å². The standard InChI is InChI=1S/C13H23N3/c1-9(2)11(4)16(5)12-6-7-13(10(3)14)15-8-12/h6-11H,14H2,1-5H3. The summed E-state index contributed by atoms with van der Waals surface area (Å²) in [6, 6.07) is 4.60. The first kappa shape index (κ1) is 13.0. The monoisotopic (exact) mass is 221 g/mol. The summed E-state index contributed by atoms with van der Waals surface area (Å²) in [6.45, 7) is 8.63. The number of hydrogen-bond acceptors (Lipinski definition) is 3. The van der Waals surface area contributed by atoms with Gasteiger partial charge in [-0.25, -0.2) is 0 Å². The summed E-state index contributed by atoms with van der Waals surface area (Å²) < 4.78 is 0. The van der Waals surface area contributed by atoms with Gasteiger partial charge in [0.15, 0.2) is 0 Å². The average molecular weight is 221 g/mol. The molecule has 2 atom stereocenters. The highest BCUT2D eigenvalue weighted by Gasteiger charge is 2.14. The SMILES string of the molecule is CC(N)c1ccc(N(C)C(C)C(C)C)cn1. The molecule has 0 spiro atoms. The lowest BCUT2D eigenvalue weighted by molar-refractivity contribution is 0.505. The highest BCUT2D eigenvalue weighted by atomic mass is 15.1. The molecule has 1 heterocycles. The van der Waals surface area contributed by atoms with Gasteiger partial charge in [-0.15, -0.1) is 0 Å². The van der Waals surface area contributed by atoms with Crippen LogP contribution in [0.1, 0.15) is 39.4 Å². The van der Waals surface area contributed by atoms with Crippen LogP contribution in [0.4, 0.5) is 5.69 Å². The van der Waals surface area contributed by atoms with Crippen molar-refractivity contribution >= 4 is 5.69 Å². The van der Waals surface area contributed by atoms with Gasteiger partial charge in [0.05, 0.1) is 17.6 Å². The third-order valence-corrected chi connectivity index (χ3v) is 3.22. The number of pyridine rings is 1. The predicted molar refractivity (Wildman–Crippen MR) is 69.5 cm³/mol. The van der Waals surface area contributed by atoms with Crippen molar-refractivity contribution in [1.29, 1.82) is 0 Å². The van der Waals surface area contributed by atoms with Crippen molar-refractivity contribution in [3.8, 4) is 0 Å². The number of hydrogen-bond donors (Lipinski definition) is 1. The van der Waals surface area contributed by atoms with Gasteiger partial charge in [-0.2, -0.15) is 0 Å². The summed E-state index contributed by atoms with van der Waals surface area (Å²) in [4.78, 5) is 6.63. The molecule has 1 rings (SSSR count). The van der Waals surface area contributed by atoms with Crippen LogP contribution >= 0.6 is 0 Å². The topological polar surface area (TPSA) is 42.1 Å². The van der Waals surface area contributed by atoms with E-state index < -0.39 is 0 Å². The van der Waals surface area contributed by atoms with E-state index in [1.807, 2.05) is 19.2 Å². The van der Waals surface area contributed by atoms with Crippen LogP contribution < -0.4 is 10.6 Å². The summed E-state index contributed by atoms with van der Waals surface area (Å²) in [5.74, 6) is 0.623. The van der Waals surface area contributed by atoms with E-state index in [2.05, 4.69) is 43.8 Å². The van der Waals surface area contributed by atoms with Crippen LogP contribution in [0.5, 0.6) is 0 Å². The van der Waals surface area contributed by atoms with Crippen molar-refractivity contribution < 1.29 is 0 Å². The van der Waals surface area contributed by atoms with E-state index in [4.69, 9.17) is 5.73 Å². The fourth-order valence-electron chi connectivity index (χ4n) is 1.56. The number of aromatic nitrogens is 1. The summed E-state index contributed by atoms with van der Waals surface area (Å²) in [5.41, 5.74) is 7.86. The number of nitrogens with two attached hydrogens (primary N) is 1. The molecule has 90 valence electrons. The molecule has 0 saturated carbocycles. The van der Waals surface area contributed by atoms with Crippen LogP contribution in [0, 0.1) is 5.92 Å². The normalized spacial score (nSPS) is 14.9. The van der Waals surface area contributed by atoms with Gasteiger partial charge in [-0.05, 0) is 31.9 Å². The molecule has 0 amide bonds. The van der Waals surface area contributed by atoms with Gasteiger partial charge >= 0.3 is 0 Å². The van der Waals surface area contributed by atoms with E-state index >= 15 is 0 Å². The first-order valence-electron chi connectivity index (χ1n) is 5.87. The largest absolute Gasteiger partial charge is 0.370 e. The van der Waals surface area contributed by atoms with Gasteiger partial charge in [0.1, 0.15) is 0 Å². The molecule has 1 aromatic heterocycles. The average Bonchev–Trinajstić information content (AvgIpc) is 2.27. The van der Waals surface area contributed by atoms with E-state index in [0.29, 0.717) is 12.0 Å². The lowest BCUT2D eigenvalue weighted by atomic mass is 10.0. The molecule has 0 aliphatic rings. The van der Waals surface area contributed by atoms with Crippen molar-refractivity contribution in [2.45, 2.75) is 39.8 Å². The minimum Gasteiger partial charge on any atom is -0.370 e. The van der Waals surface area contributed by atoms with Crippen LogP contribution in [-0.2, 0) is 0 Å². The van der Waals surface area contributed by atoms with Gasteiger partial charge in [0, 0.05) is 19.1 Å². The molecular weight excluding hydrogens is 198 g/mol. The van der Waals surface area contributed by atoms with Crippen molar-refractivity contribution in [3.05, 3.63) is 24.0 Å². The Bertz CT molecular complexity index is 316. The van der Waals surface area contributed by atoms with Gasteiger partial charge < -0.3 is 10.6 Å². The summed E-state index contributed by atoms with van der Waals surface area (Å²) in [5, 5.41) is 0. The Labute approximate surface area is 98.7 Å². The molecule has 3 heteroatoms. The maximum absolute atomic E-state index is 5.77. The maximum atomic E-state index is 5.77. The van der Waals surface area contributed by atoms with E-state index in [1.165, 1.54) is 0 Å². The van der Waals surface area contributed by atoms with Crippen LogP contribution in [0.2, 0.25) is 0 Å². The smallest absolute Gasteiger partial charge is 0.0569 e. The summed E-state index contributed by atoms with van der Waals surface area (Å²) >= 11 is 0. The molecule has 0 bridgehead atoms. The summed E-state index contributed by atoms with van der Waals surface area (Å²) in [7, 11) is 2.10. The molecule has 2 unspecified atom stereocenters. The van der Waals surface area contributed by atoms with E-state index in [0.717, 1.165) is 11.4 Å². The van der Waals surface area contributed by atoms with Crippen molar-refractivity contribution in [3.63, 3.8) is 0 Å². The first-order valence-corrected chi connectivity index (χ1v) is 5.87. The Kier molecular flexibility index (Phi) is 4.30. The molecular formula is C13H23N3. The number of rotatable bonds is 4. The Balaban J connectivity index is 2.81. The van der Waals surface area contributed by atoms with Crippen LogP contribution in [0.15, 0.2) is 18.3 Å². The molecule has 0 fully saturated rings. The fraction of sp³-hybridized carbons (Fsp3) is 0.615. The second-order valence-corrected chi connectivity index (χ2v) is 4.83. The third-order valence-electron chi connectivity index (χ3n) is 3.22. The Morgan fingerprint density at radius 2 is 1.81 bits per heavy atom. The molecule has 16 heavy (non-hydrogen) atoms. The molecule has 0 radical (unpaired) electrons. The minimum atomic E-state index is 0.00174. The molecule has 0 aliphatic carbocycles. The molecule has 0 aromatic carbocycles. The van der Waals surface area contributed by atoms with E-state index in [-0.39, 0.29) is 6.04 Å². The maximum Gasteiger partial charge on any atom is 0.0569 e. The highest BCUT2D eigenvalue weighted by molar-refractivity contribution is 5.44. The molecule has 0 aliphatic heterocycles. The van der Waals surface area contributed by atoms with Crippen LogP contribution in [-0.4, -0.2) is 18.1 Å². The van der Waals surface area contributed by atoms with Crippen molar-refractivity contribution in [2.24, 2.45) is 11.7 Å². The predicted octanol–water partition coefficient (Wildman–Crippen LogP) is 2.58. The molecule has 1 aromatic rings. The quantitative estimate of drug-likeness (QED) is 0.849. The highest BCUT2D eigenvalue weighted by Crippen LogP contribution is 2.19. The van der Waals surface area contributed by atoms with Crippen LogP contribution in [0.25, 0.3) is 0 Å². The van der Waals surface area contributed by atoms with Gasteiger partial charge in [0.25, 0.3) is 0 Å². The fourth-order valence-corrected chi connectivity index (χ4v) is 1.56. The zero-order valence-electron chi connectivity index (χ0n) is 10.9. The number of nitrogens with zero attached hydrogens (tertiary/aromatic N) is 2. The Hall–Kier alpha value is -1.09. The lowest BCUT2D eigenvalue weighted by Gasteiger charge is -2.29. The summed E-state index contributed by atoms with van der Waals surface area (Å²) in [6.07, 6.45) is 1.90. The minimum absolute atomic E-state index is 0.00174. The first-order chi connectivity index (χ1) is 7.43. The second kappa shape index (κ2) is 5.30. The van der Waals surface area contributed by atoms with E-state index in [1.54, 1.807) is 0 Å². The second-order valence-electron chi connectivity index (χ2n) is 4.83. The number of anilines is 1. The van der Waals surface area contributed by atoms with Gasteiger partial charge in [0.2, 0.25) is 0 Å². The third kappa shape index (κ3) is 2.95. The van der Waals surface area contributed by atoms with Gasteiger partial charge in [-0.3, -0.25) is 4.98 Å². The van der Waals surface area contributed by atoms with Crippen LogP contribution in [0.3, 0.4) is 0 Å².